The van der Waals surface area contributed by atoms with E-state index in [-0.39, 0.29) is 5.91 Å². The lowest BCUT2D eigenvalue weighted by molar-refractivity contribution is 0.102. The lowest BCUT2D eigenvalue weighted by Gasteiger charge is -2.16. The molecule has 2 aromatic carbocycles. The third-order valence-electron chi connectivity index (χ3n) is 4.39. The van der Waals surface area contributed by atoms with Crippen molar-refractivity contribution in [1.29, 1.82) is 0 Å². The minimum absolute atomic E-state index is 0.359. The quantitative estimate of drug-likeness (QED) is 0.763. The molecule has 1 heterocycles. The van der Waals surface area contributed by atoms with E-state index in [9.17, 15) is 21.6 Å². The summed E-state index contributed by atoms with van der Waals surface area (Å²) in [6, 6.07) is 9.81. The summed E-state index contributed by atoms with van der Waals surface area (Å²) >= 11 is 0. The molecule has 0 saturated heterocycles. The molecule has 28 heavy (non-hydrogen) atoms. The van der Waals surface area contributed by atoms with Gasteiger partial charge in [-0.3, -0.25) is 13.8 Å². The molecule has 10 heteroatoms. The van der Waals surface area contributed by atoms with E-state index in [1.54, 1.807) is 43.3 Å². The predicted octanol–water partition coefficient (Wildman–Crippen LogP) is 1.94. The Labute approximate surface area is 164 Å². The number of aryl methyl sites for hydroxylation is 1. The van der Waals surface area contributed by atoms with E-state index in [1.807, 2.05) is 0 Å². The molecule has 0 radical (unpaired) electrons. The zero-order valence-electron chi connectivity index (χ0n) is 15.7. The second-order valence-electron chi connectivity index (χ2n) is 6.79. The minimum Gasteiger partial charge on any atom is -0.322 e. The zero-order valence-corrected chi connectivity index (χ0v) is 17.3. The van der Waals surface area contributed by atoms with E-state index in [4.69, 9.17) is 0 Å². The predicted molar refractivity (Wildman–Crippen MR) is 110 cm³/mol. The smallest absolute Gasteiger partial charge is 0.255 e. The molecular weight excluding hydrogens is 402 g/mol. The summed E-state index contributed by atoms with van der Waals surface area (Å²) in [5.74, 6) is -0.366. The molecule has 0 bridgehead atoms. The molecule has 1 aliphatic rings. The van der Waals surface area contributed by atoms with Gasteiger partial charge in [0.1, 0.15) is 0 Å². The first kappa shape index (κ1) is 20.2. The number of carbonyl (C=O) groups excluding carboxylic acids is 1. The van der Waals surface area contributed by atoms with Crippen LogP contribution < -0.4 is 14.3 Å². The molecule has 2 aromatic rings. The standard InChI is InChI=1S/C18H21N3O5S2/c1-12-4-6-15(11-16(12)20-27(2,23)24)19-18(22)14-5-7-17-13(10-14)8-9-21(17)28(3,25)26/h4-7,10-11,20H,8-9H2,1-3H3,(H,19,22). The van der Waals surface area contributed by atoms with Crippen molar-refractivity contribution in [3.63, 3.8) is 0 Å². The molecule has 8 nitrogen and oxygen atoms in total. The lowest BCUT2D eigenvalue weighted by atomic mass is 10.1. The fourth-order valence-corrected chi connectivity index (χ4v) is 4.65. The van der Waals surface area contributed by atoms with Crippen LogP contribution in [-0.2, 0) is 26.5 Å². The summed E-state index contributed by atoms with van der Waals surface area (Å²) in [5.41, 5.74) is 3.34. The van der Waals surface area contributed by atoms with Crippen LogP contribution in [0.3, 0.4) is 0 Å². The van der Waals surface area contributed by atoms with Gasteiger partial charge in [0.2, 0.25) is 20.0 Å². The SMILES string of the molecule is Cc1ccc(NC(=O)c2ccc3c(c2)CCN3S(C)(=O)=O)cc1NS(C)(=O)=O. The van der Waals surface area contributed by atoms with Crippen LogP contribution in [-0.4, -0.2) is 41.8 Å². The van der Waals surface area contributed by atoms with Gasteiger partial charge in [-0.2, -0.15) is 0 Å². The van der Waals surface area contributed by atoms with E-state index in [0.717, 1.165) is 23.6 Å². The molecule has 0 aromatic heterocycles. The summed E-state index contributed by atoms with van der Waals surface area (Å²) in [4.78, 5) is 12.6. The monoisotopic (exact) mass is 423 g/mol. The molecule has 2 N–H and O–H groups in total. The highest BCUT2D eigenvalue weighted by atomic mass is 32.2. The van der Waals surface area contributed by atoms with Crippen molar-refractivity contribution >= 4 is 43.0 Å². The molecule has 0 atom stereocenters. The number of anilines is 3. The van der Waals surface area contributed by atoms with Gasteiger partial charge in [-0.05, 0) is 54.8 Å². The van der Waals surface area contributed by atoms with Gasteiger partial charge in [0.25, 0.3) is 5.91 Å². The van der Waals surface area contributed by atoms with Crippen LogP contribution in [0.4, 0.5) is 17.1 Å². The first-order valence-corrected chi connectivity index (χ1v) is 12.2. The number of hydrogen-bond acceptors (Lipinski definition) is 5. The first-order valence-electron chi connectivity index (χ1n) is 8.44. The van der Waals surface area contributed by atoms with Crippen molar-refractivity contribution in [3.8, 4) is 0 Å². The molecule has 1 amide bonds. The van der Waals surface area contributed by atoms with Gasteiger partial charge in [0.05, 0.1) is 23.9 Å². The maximum absolute atomic E-state index is 12.6. The van der Waals surface area contributed by atoms with Crippen LogP contribution in [0.5, 0.6) is 0 Å². The highest BCUT2D eigenvalue weighted by Gasteiger charge is 2.26. The molecule has 0 aliphatic carbocycles. The summed E-state index contributed by atoms with van der Waals surface area (Å²) in [5, 5.41) is 2.74. The van der Waals surface area contributed by atoms with E-state index in [2.05, 4.69) is 10.0 Å². The van der Waals surface area contributed by atoms with Crippen molar-refractivity contribution in [1.82, 2.24) is 0 Å². The Morgan fingerprint density at radius 1 is 1.04 bits per heavy atom. The van der Waals surface area contributed by atoms with Crippen LogP contribution in [0.25, 0.3) is 0 Å². The average Bonchev–Trinajstić information content (AvgIpc) is 3.00. The molecule has 150 valence electrons. The van der Waals surface area contributed by atoms with Gasteiger partial charge in [-0.1, -0.05) is 6.07 Å². The Kier molecular flexibility index (Phi) is 5.11. The van der Waals surface area contributed by atoms with Gasteiger partial charge < -0.3 is 5.32 Å². The number of nitrogens with zero attached hydrogens (tertiary/aromatic N) is 1. The molecule has 3 rings (SSSR count). The highest BCUT2D eigenvalue weighted by Crippen LogP contribution is 2.31. The third-order valence-corrected chi connectivity index (χ3v) is 6.16. The van der Waals surface area contributed by atoms with E-state index in [0.29, 0.717) is 35.6 Å². The molecule has 0 saturated carbocycles. The van der Waals surface area contributed by atoms with Crippen molar-refractivity contribution in [2.24, 2.45) is 0 Å². The summed E-state index contributed by atoms with van der Waals surface area (Å²) in [7, 11) is -6.78. The van der Waals surface area contributed by atoms with Crippen LogP contribution in [0, 0.1) is 6.92 Å². The van der Waals surface area contributed by atoms with Crippen molar-refractivity contribution < 1.29 is 21.6 Å². The molecule has 0 spiro atoms. The van der Waals surface area contributed by atoms with Crippen LogP contribution >= 0.6 is 0 Å². The summed E-state index contributed by atoms with van der Waals surface area (Å²) in [6.45, 7) is 2.12. The third kappa shape index (κ3) is 4.45. The Bertz CT molecular complexity index is 1160. The topological polar surface area (TPSA) is 113 Å². The van der Waals surface area contributed by atoms with Crippen LogP contribution in [0.2, 0.25) is 0 Å². The largest absolute Gasteiger partial charge is 0.322 e. The van der Waals surface area contributed by atoms with Gasteiger partial charge >= 0.3 is 0 Å². The van der Waals surface area contributed by atoms with E-state index in [1.165, 1.54) is 4.31 Å². The number of sulfonamides is 2. The second kappa shape index (κ2) is 7.10. The number of amides is 1. The highest BCUT2D eigenvalue weighted by molar-refractivity contribution is 7.92. The van der Waals surface area contributed by atoms with E-state index < -0.39 is 20.0 Å². The number of carbonyl (C=O) groups is 1. The Hall–Kier alpha value is -2.59. The average molecular weight is 424 g/mol. The van der Waals surface area contributed by atoms with Crippen molar-refractivity contribution in [2.75, 3.05) is 33.4 Å². The fourth-order valence-electron chi connectivity index (χ4n) is 3.07. The second-order valence-corrected chi connectivity index (χ2v) is 10.4. The molecule has 1 aliphatic heterocycles. The van der Waals surface area contributed by atoms with Crippen molar-refractivity contribution in [2.45, 2.75) is 13.3 Å². The molecule has 0 fully saturated rings. The maximum Gasteiger partial charge on any atom is 0.255 e. The fraction of sp³-hybridized carbons (Fsp3) is 0.278. The van der Waals surface area contributed by atoms with Crippen LogP contribution in [0.1, 0.15) is 21.5 Å². The number of fused-ring (bicyclic) bond motifs is 1. The Morgan fingerprint density at radius 3 is 2.39 bits per heavy atom. The molecular formula is C18H21N3O5S2. The zero-order chi connectivity index (χ0) is 20.7. The number of rotatable bonds is 5. The van der Waals surface area contributed by atoms with Gasteiger partial charge in [-0.15, -0.1) is 0 Å². The first-order chi connectivity index (χ1) is 12.9. The Morgan fingerprint density at radius 2 is 1.75 bits per heavy atom. The molecule has 0 unspecified atom stereocenters. The number of benzene rings is 2. The number of hydrogen-bond donors (Lipinski definition) is 2. The lowest BCUT2D eigenvalue weighted by Crippen LogP contribution is -2.27. The van der Waals surface area contributed by atoms with Gasteiger partial charge in [0, 0.05) is 17.8 Å². The summed E-state index contributed by atoms with van der Waals surface area (Å²) in [6.07, 6.45) is 2.75. The van der Waals surface area contributed by atoms with Crippen LogP contribution in [0.15, 0.2) is 36.4 Å². The van der Waals surface area contributed by atoms with Crippen molar-refractivity contribution in [3.05, 3.63) is 53.1 Å². The van der Waals surface area contributed by atoms with Gasteiger partial charge in [-0.25, -0.2) is 16.8 Å². The summed E-state index contributed by atoms with van der Waals surface area (Å²) < 4.78 is 50.3. The van der Waals surface area contributed by atoms with Gasteiger partial charge in [0.15, 0.2) is 0 Å². The minimum atomic E-state index is -3.44. The van der Waals surface area contributed by atoms with E-state index >= 15 is 0 Å². The Balaban J connectivity index is 1.82. The number of nitrogens with one attached hydrogen (secondary N) is 2. The normalized spacial score (nSPS) is 13.9. The maximum atomic E-state index is 12.6.